The van der Waals surface area contributed by atoms with Gasteiger partial charge < -0.3 is 21.1 Å². The van der Waals surface area contributed by atoms with Crippen molar-refractivity contribution in [1.82, 2.24) is 5.32 Å². The summed E-state index contributed by atoms with van der Waals surface area (Å²) in [5.74, 6) is -1.57. The lowest BCUT2D eigenvalue weighted by Gasteiger charge is -2.23. The van der Waals surface area contributed by atoms with Gasteiger partial charge in [-0.3, -0.25) is 4.79 Å². The number of halogens is 3. The minimum Gasteiger partial charge on any atom is -0.492 e. The average molecular weight is 487 g/mol. The van der Waals surface area contributed by atoms with Gasteiger partial charge in [0.25, 0.3) is 5.91 Å². The molecule has 0 aromatic heterocycles. The van der Waals surface area contributed by atoms with Crippen molar-refractivity contribution in [3.8, 4) is 5.75 Å². The summed E-state index contributed by atoms with van der Waals surface area (Å²) in [7, 11) is 0. The highest BCUT2D eigenvalue weighted by atomic mass is 127. The highest BCUT2D eigenvalue weighted by molar-refractivity contribution is 14.1. The fourth-order valence-corrected chi connectivity index (χ4v) is 3.51. The Kier molecular flexibility index (Phi) is 6.48. The lowest BCUT2D eigenvalue weighted by molar-refractivity contribution is 0.0995. The van der Waals surface area contributed by atoms with Crippen LogP contribution in [-0.4, -0.2) is 25.6 Å². The lowest BCUT2D eigenvalue weighted by atomic mass is 10.0. The first-order valence-corrected chi connectivity index (χ1v) is 9.71. The van der Waals surface area contributed by atoms with E-state index >= 15 is 0 Å². The van der Waals surface area contributed by atoms with Gasteiger partial charge in [0, 0.05) is 22.1 Å². The van der Waals surface area contributed by atoms with Crippen LogP contribution in [0.15, 0.2) is 30.3 Å². The van der Waals surface area contributed by atoms with Crippen molar-refractivity contribution >= 4 is 39.9 Å². The average Bonchev–Trinajstić information content (AvgIpc) is 2.62. The molecule has 4 N–H and O–H groups in total. The van der Waals surface area contributed by atoms with Gasteiger partial charge in [-0.05, 0) is 66.2 Å². The number of hydrogen-bond donors (Lipinski definition) is 3. The highest BCUT2D eigenvalue weighted by Gasteiger charge is 2.21. The van der Waals surface area contributed by atoms with Gasteiger partial charge in [-0.25, -0.2) is 8.78 Å². The van der Waals surface area contributed by atoms with E-state index in [0.29, 0.717) is 6.61 Å². The molecule has 2 aromatic rings. The van der Waals surface area contributed by atoms with E-state index in [1.165, 1.54) is 12.1 Å². The van der Waals surface area contributed by atoms with Crippen molar-refractivity contribution in [3.63, 3.8) is 0 Å². The van der Waals surface area contributed by atoms with Crippen molar-refractivity contribution in [3.05, 3.63) is 51.1 Å². The smallest absolute Gasteiger partial charge is 0.254 e. The van der Waals surface area contributed by atoms with Gasteiger partial charge >= 0.3 is 0 Å². The van der Waals surface area contributed by atoms with Gasteiger partial charge in [0.15, 0.2) is 0 Å². The van der Waals surface area contributed by atoms with Crippen LogP contribution in [0.4, 0.5) is 20.2 Å². The minimum absolute atomic E-state index is 0.00174. The Labute approximate surface area is 169 Å². The molecule has 0 aliphatic carbocycles. The Morgan fingerprint density at radius 1 is 1.30 bits per heavy atom. The number of ether oxygens (including phenoxy) is 1. The number of hydrogen-bond acceptors (Lipinski definition) is 4. The molecular weight excluding hydrogens is 467 g/mol. The maximum Gasteiger partial charge on any atom is 0.254 e. The third kappa shape index (κ3) is 5.07. The standard InChI is InChI=1S/C19H20F2IN3O2/c20-12-6-16(25-15-4-3-13(22)8-14(15)21)18(19(23)26)17(7-12)27-10-11-2-1-5-24-9-11/h3-4,6-8,11,24-25H,1-2,5,9-10H2,(H2,23,26). The monoisotopic (exact) mass is 487 g/mol. The maximum absolute atomic E-state index is 14.1. The summed E-state index contributed by atoms with van der Waals surface area (Å²) in [4.78, 5) is 12.0. The molecule has 3 rings (SSSR count). The fourth-order valence-electron chi connectivity index (χ4n) is 3.06. The second kappa shape index (κ2) is 8.83. The van der Waals surface area contributed by atoms with Crippen LogP contribution in [0.3, 0.4) is 0 Å². The van der Waals surface area contributed by atoms with Gasteiger partial charge in [0.05, 0.1) is 18.0 Å². The molecule has 1 fully saturated rings. The van der Waals surface area contributed by atoms with Crippen LogP contribution in [0.2, 0.25) is 0 Å². The zero-order valence-corrected chi connectivity index (χ0v) is 16.7. The summed E-state index contributed by atoms with van der Waals surface area (Å²) in [5, 5.41) is 6.03. The second-order valence-electron chi connectivity index (χ2n) is 6.46. The summed E-state index contributed by atoms with van der Waals surface area (Å²) in [5.41, 5.74) is 5.69. The summed E-state index contributed by atoms with van der Waals surface area (Å²) in [6.45, 7) is 2.12. The van der Waals surface area contributed by atoms with E-state index < -0.39 is 17.5 Å². The van der Waals surface area contributed by atoms with E-state index in [1.54, 1.807) is 6.07 Å². The Morgan fingerprint density at radius 2 is 2.11 bits per heavy atom. The molecule has 8 heteroatoms. The van der Waals surface area contributed by atoms with Crippen molar-refractivity contribution in [1.29, 1.82) is 0 Å². The van der Waals surface area contributed by atoms with Crippen molar-refractivity contribution in [2.24, 2.45) is 11.7 Å². The Balaban J connectivity index is 1.88. The number of anilines is 2. The number of amides is 1. The van der Waals surface area contributed by atoms with Gasteiger partial charge in [-0.15, -0.1) is 0 Å². The van der Waals surface area contributed by atoms with Crippen molar-refractivity contribution < 1.29 is 18.3 Å². The number of primary amides is 1. The van der Waals surface area contributed by atoms with E-state index in [-0.39, 0.29) is 28.6 Å². The normalized spacial score (nSPS) is 16.8. The van der Waals surface area contributed by atoms with Gasteiger partial charge in [-0.1, -0.05) is 0 Å². The number of carbonyl (C=O) groups is 1. The Bertz CT molecular complexity index is 842. The third-order valence-electron chi connectivity index (χ3n) is 4.39. The van der Waals surface area contributed by atoms with Crippen LogP contribution >= 0.6 is 22.6 Å². The van der Waals surface area contributed by atoms with E-state index in [0.717, 1.165) is 41.6 Å². The number of piperidine rings is 1. The molecule has 1 heterocycles. The molecule has 1 aliphatic rings. The molecular formula is C19H20F2IN3O2. The molecule has 1 amide bonds. The molecule has 0 bridgehead atoms. The fraction of sp³-hybridized carbons (Fsp3) is 0.316. The first-order chi connectivity index (χ1) is 12.9. The molecule has 1 unspecified atom stereocenters. The first-order valence-electron chi connectivity index (χ1n) is 8.63. The van der Waals surface area contributed by atoms with E-state index in [4.69, 9.17) is 10.5 Å². The van der Waals surface area contributed by atoms with Gasteiger partial charge in [0.2, 0.25) is 0 Å². The maximum atomic E-state index is 14.1. The summed E-state index contributed by atoms with van der Waals surface area (Å²) >= 11 is 1.99. The third-order valence-corrected chi connectivity index (χ3v) is 5.06. The molecule has 0 radical (unpaired) electrons. The Hall–Kier alpha value is -1.94. The SMILES string of the molecule is NC(=O)c1c(Nc2ccc(I)cc2F)cc(F)cc1OCC1CCCNC1. The van der Waals surface area contributed by atoms with E-state index in [9.17, 15) is 13.6 Å². The number of carbonyl (C=O) groups excluding carboxylic acids is 1. The Morgan fingerprint density at radius 3 is 2.78 bits per heavy atom. The number of nitrogens with one attached hydrogen (secondary N) is 2. The molecule has 1 atom stereocenters. The lowest BCUT2D eigenvalue weighted by Crippen LogP contribution is -2.33. The van der Waals surface area contributed by atoms with Gasteiger partial charge in [-0.2, -0.15) is 0 Å². The van der Waals surface area contributed by atoms with E-state index in [1.807, 2.05) is 22.6 Å². The summed E-state index contributed by atoms with van der Waals surface area (Å²) in [6.07, 6.45) is 2.03. The largest absolute Gasteiger partial charge is 0.492 e. The van der Waals surface area contributed by atoms with Crippen LogP contribution in [-0.2, 0) is 0 Å². The summed E-state index contributed by atoms with van der Waals surface area (Å²) in [6, 6.07) is 6.78. The highest BCUT2D eigenvalue weighted by Crippen LogP contribution is 2.32. The quantitative estimate of drug-likeness (QED) is 0.543. The molecule has 5 nitrogen and oxygen atoms in total. The van der Waals surface area contributed by atoms with Crippen molar-refractivity contribution in [2.45, 2.75) is 12.8 Å². The zero-order valence-electron chi connectivity index (χ0n) is 14.5. The van der Waals surface area contributed by atoms with E-state index in [2.05, 4.69) is 10.6 Å². The molecule has 27 heavy (non-hydrogen) atoms. The molecule has 1 aliphatic heterocycles. The van der Waals surface area contributed by atoms with Gasteiger partial charge in [0.1, 0.15) is 22.9 Å². The van der Waals surface area contributed by atoms with Crippen LogP contribution in [0.1, 0.15) is 23.2 Å². The molecule has 1 saturated heterocycles. The predicted molar refractivity (Wildman–Crippen MR) is 108 cm³/mol. The molecule has 0 spiro atoms. The zero-order chi connectivity index (χ0) is 19.4. The first kappa shape index (κ1) is 19.8. The number of rotatable bonds is 6. The summed E-state index contributed by atoms with van der Waals surface area (Å²) < 4.78 is 34.7. The van der Waals surface area contributed by atoms with Crippen LogP contribution < -0.4 is 21.1 Å². The van der Waals surface area contributed by atoms with Crippen molar-refractivity contribution in [2.75, 3.05) is 25.0 Å². The number of benzene rings is 2. The molecule has 0 saturated carbocycles. The van der Waals surface area contributed by atoms with Crippen LogP contribution in [0, 0.1) is 21.1 Å². The predicted octanol–water partition coefficient (Wildman–Crippen LogP) is 3.79. The molecule has 2 aromatic carbocycles. The topological polar surface area (TPSA) is 76.4 Å². The minimum atomic E-state index is -0.778. The number of nitrogens with two attached hydrogens (primary N) is 1. The van der Waals surface area contributed by atoms with Crippen LogP contribution in [0.5, 0.6) is 5.75 Å². The van der Waals surface area contributed by atoms with Crippen LogP contribution in [0.25, 0.3) is 0 Å². The second-order valence-corrected chi connectivity index (χ2v) is 7.71. The molecule has 144 valence electrons.